The summed E-state index contributed by atoms with van der Waals surface area (Å²) in [5, 5.41) is 15.2. The summed E-state index contributed by atoms with van der Waals surface area (Å²) in [4.78, 5) is 28.8. The molecule has 0 saturated heterocycles. The van der Waals surface area contributed by atoms with Crippen molar-refractivity contribution < 1.29 is 14.3 Å². The third kappa shape index (κ3) is 3.37. The third-order valence-corrected chi connectivity index (χ3v) is 6.45. The van der Waals surface area contributed by atoms with Gasteiger partial charge in [-0.1, -0.05) is 23.7 Å². The Kier molecular flexibility index (Phi) is 4.74. The fourth-order valence-electron chi connectivity index (χ4n) is 4.59. The molecule has 5 rings (SSSR count). The van der Waals surface area contributed by atoms with Gasteiger partial charge in [-0.05, 0) is 55.5 Å². The molecule has 2 aromatic heterocycles. The summed E-state index contributed by atoms with van der Waals surface area (Å²) < 4.78 is 5.34. The first-order valence-corrected chi connectivity index (χ1v) is 10.6. The van der Waals surface area contributed by atoms with Crippen LogP contribution < -0.4 is 10.9 Å². The highest BCUT2D eigenvalue weighted by Crippen LogP contribution is 2.37. The van der Waals surface area contributed by atoms with E-state index in [0.717, 1.165) is 35.9 Å². The van der Waals surface area contributed by atoms with Crippen LogP contribution in [0.5, 0.6) is 5.75 Å². The average Bonchev–Trinajstić information content (AvgIpc) is 3.12. The maximum atomic E-state index is 12.9. The molecule has 2 aromatic carbocycles. The van der Waals surface area contributed by atoms with Gasteiger partial charge >= 0.3 is 5.63 Å². The van der Waals surface area contributed by atoms with Crippen molar-refractivity contribution in [2.24, 2.45) is 0 Å². The Morgan fingerprint density at radius 1 is 1.29 bits per heavy atom. The molecule has 1 atom stereocenters. The van der Waals surface area contributed by atoms with Crippen molar-refractivity contribution >= 4 is 39.4 Å². The highest BCUT2D eigenvalue weighted by atomic mass is 35.5. The molecule has 0 bridgehead atoms. The molecule has 0 unspecified atom stereocenters. The smallest absolute Gasteiger partial charge is 0.340 e. The molecular formula is C24H21ClN2O4. The van der Waals surface area contributed by atoms with Gasteiger partial charge in [0.2, 0.25) is 5.91 Å². The fourth-order valence-corrected chi connectivity index (χ4v) is 4.81. The number of carbonyl (C=O) groups excluding carboxylic acids is 1. The topological polar surface area (TPSA) is 95.3 Å². The van der Waals surface area contributed by atoms with Crippen molar-refractivity contribution in [3.8, 4) is 5.75 Å². The first-order valence-electron chi connectivity index (χ1n) is 10.3. The van der Waals surface area contributed by atoms with E-state index < -0.39 is 5.63 Å². The average molecular weight is 437 g/mol. The Bertz CT molecular complexity index is 1400. The van der Waals surface area contributed by atoms with Crippen molar-refractivity contribution in [2.75, 3.05) is 0 Å². The molecule has 7 heteroatoms. The number of aromatic hydroxyl groups is 1. The quantitative estimate of drug-likeness (QED) is 0.406. The van der Waals surface area contributed by atoms with E-state index in [1.165, 1.54) is 17.7 Å². The van der Waals surface area contributed by atoms with Crippen molar-refractivity contribution in [1.82, 2.24) is 10.3 Å². The zero-order chi connectivity index (χ0) is 21.7. The van der Waals surface area contributed by atoms with E-state index in [4.69, 9.17) is 16.0 Å². The normalized spacial score (nSPS) is 15.9. The Morgan fingerprint density at radius 2 is 2.13 bits per heavy atom. The lowest BCUT2D eigenvalue weighted by molar-refractivity contribution is -0.121. The Morgan fingerprint density at radius 3 is 2.97 bits per heavy atom. The number of hydrogen-bond donors (Lipinski definition) is 3. The molecule has 1 aliphatic rings. The summed E-state index contributed by atoms with van der Waals surface area (Å²) in [5.74, 6) is -0.219. The number of carbonyl (C=O) groups is 1. The molecule has 6 nitrogen and oxygen atoms in total. The monoisotopic (exact) mass is 436 g/mol. The van der Waals surface area contributed by atoms with Crippen LogP contribution in [0.1, 0.15) is 41.3 Å². The number of aromatic nitrogens is 1. The van der Waals surface area contributed by atoms with Gasteiger partial charge in [0.05, 0.1) is 28.6 Å². The Labute approximate surface area is 182 Å². The van der Waals surface area contributed by atoms with Gasteiger partial charge in [-0.25, -0.2) is 4.79 Å². The van der Waals surface area contributed by atoms with Crippen LogP contribution in [0.15, 0.2) is 45.6 Å². The number of aryl methyl sites for hydroxylation is 2. The Hall–Kier alpha value is -3.25. The molecule has 1 aliphatic carbocycles. The summed E-state index contributed by atoms with van der Waals surface area (Å²) in [6, 6.07) is 10.3. The highest BCUT2D eigenvalue weighted by molar-refractivity contribution is 6.35. The van der Waals surface area contributed by atoms with E-state index in [2.05, 4.69) is 10.3 Å². The molecule has 31 heavy (non-hydrogen) atoms. The second kappa shape index (κ2) is 7.46. The van der Waals surface area contributed by atoms with Crippen molar-refractivity contribution in [1.29, 1.82) is 0 Å². The number of phenolic OH excluding ortho intramolecular Hbond substituents is 1. The number of halogens is 1. The summed E-state index contributed by atoms with van der Waals surface area (Å²) >= 11 is 6.35. The van der Waals surface area contributed by atoms with E-state index in [9.17, 15) is 14.7 Å². The van der Waals surface area contributed by atoms with Crippen LogP contribution in [0.2, 0.25) is 5.02 Å². The van der Waals surface area contributed by atoms with E-state index in [1.54, 1.807) is 13.0 Å². The number of fused-ring (bicyclic) bond motifs is 4. The second-order valence-corrected chi connectivity index (χ2v) is 8.45. The lowest BCUT2D eigenvalue weighted by atomic mass is 9.91. The minimum Gasteiger partial charge on any atom is -0.508 e. The van der Waals surface area contributed by atoms with Gasteiger partial charge in [-0.2, -0.15) is 0 Å². The van der Waals surface area contributed by atoms with E-state index in [-0.39, 0.29) is 24.1 Å². The fraction of sp³-hybridized carbons (Fsp3) is 0.250. The van der Waals surface area contributed by atoms with Crippen LogP contribution in [0, 0.1) is 6.92 Å². The number of amides is 1. The SMILES string of the molecule is Cc1c(CC(=O)N[C@@H]2CCCc3c2[nH]c2c(Cl)cccc32)c(=O)oc2cc(O)ccc12. The minimum atomic E-state index is -0.563. The number of para-hydroxylation sites is 1. The number of rotatable bonds is 3. The van der Waals surface area contributed by atoms with Crippen LogP contribution in [0.4, 0.5) is 0 Å². The predicted molar refractivity (Wildman–Crippen MR) is 120 cm³/mol. The maximum Gasteiger partial charge on any atom is 0.340 e. The van der Waals surface area contributed by atoms with Crippen molar-refractivity contribution in [3.05, 3.63) is 74.2 Å². The number of aromatic amines is 1. The van der Waals surface area contributed by atoms with Gasteiger partial charge < -0.3 is 19.8 Å². The van der Waals surface area contributed by atoms with Gasteiger partial charge in [0.15, 0.2) is 0 Å². The van der Waals surface area contributed by atoms with Crippen LogP contribution in [0.3, 0.4) is 0 Å². The van der Waals surface area contributed by atoms with Gasteiger partial charge in [-0.3, -0.25) is 4.79 Å². The Balaban J connectivity index is 1.44. The molecule has 3 N–H and O–H groups in total. The van der Waals surface area contributed by atoms with Crippen molar-refractivity contribution in [2.45, 2.75) is 38.6 Å². The molecule has 0 aliphatic heterocycles. The molecule has 2 heterocycles. The molecule has 0 fully saturated rings. The van der Waals surface area contributed by atoms with Gasteiger partial charge in [0.1, 0.15) is 11.3 Å². The lowest BCUT2D eigenvalue weighted by Crippen LogP contribution is -2.33. The van der Waals surface area contributed by atoms with Crippen LogP contribution in [-0.2, 0) is 17.6 Å². The van der Waals surface area contributed by atoms with Crippen LogP contribution in [0.25, 0.3) is 21.9 Å². The number of nitrogens with one attached hydrogen (secondary N) is 2. The largest absolute Gasteiger partial charge is 0.508 e. The van der Waals surface area contributed by atoms with Gasteiger partial charge in [0, 0.05) is 22.5 Å². The summed E-state index contributed by atoms with van der Waals surface area (Å²) in [7, 11) is 0. The predicted octanol–water partition coefficient (Wildman–Crippen LogP) is 4.68. The highest BCUT2D eigenvalue weighted by Gasteiger charge is 2.27. The lowest BCUT2D eigenvalue weighted by Gasteiger charge is -2.24. The van der Waals surface area contributed by atoms with Crippen LogP contribution >= 0.6 is 11.6 Å². The number of phenols is 1. The minimum absolute atomic E-state index is 0.0204. The molecule has 0 saturated carbocycles. The first kappa shape index (κ1) is 19.7. The number of H-pyrrole nitrogens is 1. The third-order valence-electron chi connectivity index (χ3n) is 6.14. The van der Waals surface area contributed by atoms with Gasteiger partial charge in [0.25, 0.3) is 0 Å². The zero-order valence-corrected chi connectivity index (χ0v) is 17.7. The summed E-state index contributed by atoms with van der Waals surface area (Å²) in [5.41, 5.74) is 3.82. The maximum absolute atomic E-state index is 12.9. The molecule has 0 spiro atoms. The van der Waals surface area contributed by atoms with Crippen LogP contribution in [-0.4, -0.2) is 16.0 Å². The van der Waals surface area contributed by atoms with E-state index >= 15 is 0 Å². The number of benzene rings is 2. The molecular weight excluding hydrogens is 416 g/mol. The van der Waals surface area contributed by atoms with E-state index in [1.807, 2.05) is 18.2 Å². The second-order valence-electron chi connectivity index (χ2n) is 8.04. The molecule has 158 valence electrons. The van der Waals surface area contributed by atoms with E-state index in [0.29, 0.717) is 27.1 Å². The summed E-state index contributed by atoms with van der Waals surface area (Å²) in [6.07, 6.45) is 2.63. The molecule has 4 aromatic rings. The molecule has 0 radical (unpaired) electrons. The molecule has 1 amide bonds. The summed E-state index contributed by atoms with van der Waals surface area (Å²) in [6.45, 7) is 1.79. The first-order chi connectivity index (χ1) is 14.9. The standard InChI is InChI=1S/C24H21ClN2O4/c1-12-14-9-8-13(28)10-20(14)31-24(30)17(12)11-21(29)26-19-7-3-5-16-15-4-2-6-18(25)22(15)27-23(16)19/h2,4,6,8-10,19,27-28H,3,5,7,11H2,1H3,(H,26,29)/t19-/m1/s1. The number of hydrogen-bond acceptors (Lipinski definition) is 4. The zero-order valence-electron chi connectivity index (χ0n) is 16.9. The van der Waals surface area contributed by atoms with Crippen molar-refractivity contribution in [3.63, 3.8) is 0 Å². The van der Waals surface area contributed by atoms with Gasteiger partial charge in [-0.15, -0.1) is 0 Å².